The Bertz CT molecular complexity index is 877. The Hall–Kier alpha value is -1.35. The highest BCUT2D eigenvalue weighted by Gasteiger charge is 2.52. The number of rotatable bonds is 3. The van der Waals surface area contributed by atoms with E-state index in [2.05, 4.69) is 0 Å². The molecule has 0 bridgehead atoms. The molecule has 27 heavy (non-hydrogen) atoms. The fourth-order valence-electron chi connectivity index (χ4n) is 3.57. The van der Waals surface area contributed by atoms with Crippen LogP contribution in [0.2, 0.25) is 0 Å². The van der Waals surface area contributed by atoms with Crippen molar-refractivity contribution in [2.24, 2.45) is 0 Å². The molecule has 3 aliphatic heterocycles. The summed E-state index contributed by atoms with van der Waals surface area (Å²) in [5, 5.41) is 0. The zero-order valence-electron chi connectivity index (χ0n) is 16.3. The summed E-state index contributed by atoms with van der Waals surface area (Å²) in [6.07, 6.45) is 3.29. The van der Waals surface area contributed by atoms with Crippen molar-refractivity contribution in [3.05, 3.63) is 35.3 Å². The molecule has 4 rings (SSSR count). The molecule has 3 aliphatic rings. The molecule has 0 amide bonds. The summed E-state index contributed by atoms with van der Waals surface area (Å²) in [6, 6.07) is 5.13. The summed E-state index contributed by atoms with van der Waals surface area (Å²) in [4.78, 5) is 0.333. The van der Waals surface area contributed by atoms with Crippen LogP contribution in [0.1, 0.15) is 39.7 Å². The van der Waals surface area contributed by atoms with Gasteiger partial charge in [0.25, 0.3) is 0 Å². The van der Waals surface area contributed by atoms with Crippen molar-refractivity contribution in [3.63, 3.8) is 0 Å². The molecule has 8 heteroatoms. The number of nitrogens with zero attached hydrogens (tertiary/aromatic N) is 1. The second-order valence-corrected chi connectivity index (χ2v) is 10.3. The third-order valence-electron chi connectivity index (χ3n) is 6.06. The predicted molar refractivity (Wildman–Crippen MR) is 103 cm³/mol. The average molecular weight is 391 g/mol. The number of benzene rings is 1. The van der Waals surface area contributed by atoms with Crippen molar-refractivity contribution in [2.75, 3.05) is 19.7 Å². The van der Waals surface area contributed by atoms with Gasteiger partial charge in [0.15, 0.2) is 0 Å². The van der Waals surface area contributed by atoms with E-state index in [1.54, 1.807) is 18.2 Å². The molecule has 1 saturated heterocycles. The lowest BCUT2D eigenvalue weighted by molar-refractivity contribution is 0.00578. The van der Waals surface area contributed by atoms with Crippen LogP contribution in [0.25, 0.3) is 0 Å². The summed E-state index contributed by atoms with van der Waals surface area (Å²) >= 11 is 0. The van der Waals surface area contributed by atoms with Crippen molar-refractivity contribution in [1.29, 1.82) is 0 Å². The van der Waals surface area contributed by atoms with Gasteiger partial charge < -0.3 is 14.0 Å². The molecule has 146 valence electrons. The first-order valence-corrected chi connectivity index (χ1v) is 10.8. The van der Waals surface area contributed by atoms with Crippen LogP contribution in [0.3, 0.4) is 0 Å². The van der Waals surface area contributed by atoms with Gasteiger partial charge in [0.05, 0.1) is 22.7 Å². The van der Waals surface area contributed by atoms with Gasteiger partial charge >= 0.3 is 7.12 Å². The van der Waals surface area contributed by atoms with Gasteiger partial charge in [-0.3, -0.25) is 0 Å². The lowest BCUT2D eigenvalue weighted by Gasteiger charge is -2.32. The minimum Gasteiger partial charge on any atom is -0.493 e. The summed E-state index contributed by atoms with van der Waals surface area (Å²) in [7, 11) is -3.93. The molecule has 0 atom stereocenters. The zero-order valence-corrected chi connectivity index (χ0v) is 17.1. The molecule has 0 aromatic heterocycles. The molecule has 6 nitrogen and oxygen atoms in total. The molecule has 1 aromatic carbocycles. The van der Waals surface area contributed by atoms with Gasteiger partial charge in [-0.15, -0.1) is 0 Å². The Morgan fingerprint density at radius 3 is 2.41 bits per heavy atom. The molecular weight excluding hydrogens is 365 g/mol. The highest BCUT2D eigenvalue weighted by molar-refractivity contribution is 7.89. The molecule has 1 aromatic rings. The summed E-state index contributed by atoms with van der Waals surface area (Å²) in [5.41, 5.74) is 1.19. The van der Waals surface area contributed by atoms with Crippen molar-refractivity contribution in [1.82, 2.24) is 4.31 Å². The standard InChI is InChI=1S/C19H26BNO5S/c1-18(2)19(3,4)26-20(25-18)15-7-10-21(11-8-15)27(22,23)16-5-6-17-14(13-16)9-12-24-17/h5-7,13H,8-12H2,1-4H3. The van der Waals surface area contributed by atoms with Crippen LogP contribution < -0.4 is 4.74 Å². The lowest BCUT2D eigenvalue weighted by atomic mass is 9.75. The Morgan fingerprint density at radius 1 is 1.07 bits per heavy atom. The Balaban J connectivity index is 1.50. The van der Waals surface area contributed by atoms with Crippen LogP contribution in [0, 0.1) is 0 Å². The van der Waals surface area contributed by atoms with Crippen LogP contribution in [0.4, 0.5) is 0 Å². The van der Waals surface area contributed by atoms with Crippen LogP contribution in [-0.2, 0) is 25.8 Å². The first-order valence-electron chi connectivity index (χ1n) is 9.41. The molecule has 0 N–H and O–H groups in total. The van der Waals surface area contributed by atoms with E-state index in [1.165, 1.54) is 4.31 Å². The van der Waals surface area contributed by atoms with Crippen LogP contribution >= 0.6 is 0 Å². The molecule has 0 spiro atoms. The largest absolute Gasteiger partial charge is 0.493 e. The molecule has 0 saturated carbocycles. The van der Waals surface area contributed by atoms with E-state index in [1.807, 2.05) is 33.8 Å². The van der Waals surface area contributed by atoms with E-state index in [0.717, 1.165) is 23.2 Å². The molecule has 0 unspecified atom stereocenters. The van der Waals surface area contributed by atoms with E-state index < -0.39 is 28.3 Å². The fourth-order valence-corrected chi connectivity index (χ4v) is 5.00. The van der Waals surface area contributed by atoms with E-state index >= 15 is 0 Å². The zero-order chi connectivity index (χ0) is 19.4. The maximum atomic E-state index is 13.0. The Morgan fingerprint density at radius 2 is 1.78 bits per heavy atom. The van der Waals surface area contributed by atoms with E-state index in [0.29, 0.717) is 31.0 Å². The van der Waals surface area contributed by atoms with Crippen molar-refractivity contribution in [2.45, 2.75) is 56.6 Å². The number of sulfonamides is 1. The van der Waals surface area contributed by atoms with Crippen LogP contribution in [0.5, 0.6) is 5.75 Å². The summed E-state index contributed by atoms with van der Waals surface area (Å²) in [6.45, 7) is 9.44. The summed E-state index contributed by atoms with van der Waals surface area (Å²) < 4.78 is 45.2. The molecule has 0 aliphatic carbocycles. The SMILES string of the molecule is CC1(C)OB(C2=CCN(S(=O)(=O)c3ccc4c(c3)CCO4)CC2)OC1(C)C. The van der Waals surface area contributed by atoms with E-state index in [4.69, 9.17) is 14.0 Å². The number of hydrogen-bond acceptors (Lipinski definition) is 5. The van der Waals surface area contributed by atoms with Crippen LogP contribution in [0.15, 0.2) is 34.6 Å². The quantitative estimate of drug-likeness (QED) is 0.742. The maximum absolute atomic E-state index is 13.0. The molecule has 0 radical (unpaired) electrons. The Labute approximate surface area is 161 Å². The predicted octanol–water partition coefficient (Wildman–Crippen LogP) is 2.57. The third kappa shape index (κ3) is 3.22. The maximum Gasteiger partial charge on any atom is 0.490 e. The number of ether oxygens (including phenoxy) is 1. The smallest absolute Gasteiger partial charge is 0.490 e. The topological polar surface area (TPSA) is 65.1 Å². The second kappa shape index (κ2) is 6.34. The minimum atomic E-state index is -3.52. The lowest BCUT2D eigenvalue weighted by Crippen LogP contribution is -2.41. The van der Waals surface area contributed by atoms with E-state index in [-0.39, 0.29) is 0 Å². The molecule has 1 fully saturated rings. The van der Waals surface area contributed by atoms with Crippen molar-refractivity contribution < 1.29 is 22.5 Å². The fraction of sp³-hybridized carbons (Fsp3) is 0.579. The normalized spacial score (nSPS) is 24.4. The van der Waals surface area contributed by atoms with Gasteiger partial charge in [0, 0.05) is 19.5 Å². The van der Waals surface area contributed by atoms with Crippen molar-refractivity contribution in [3.8, 4) is 5.75 Å². The van der Waals surface area contributed by atoms with Gasteiger partial charge in [-0.2, -0.15) is 4.31 Å². The highest BCUT2D eigenvalue weighted by Crippen LogP contribution is 2.39. The van der Waals surface area contributed by atoms with Gasteiger partial charge in [0.1, 0.15) is 5.75 Å². The average Bonchev–Trinajstić information content (AvgIpc) is 3.16. The monoisotopic (exact) mass is 391 g/mol. The summed E-state index contributed by atoms with van der Waals surface area (Å²) in [5.74, 6) is 0.788. The Kier molecular flexibility index (Phi) is 4.46. The van der Waals surface area contributed by atoms with E-state index in [9.17, 15) is 8.42 Å². The number of hydrogen-bond donors (Lipinski definition) is 0. The molecular formula is C19H26BNO5S. The first kappa shape index (κ1) is 19.0. The van der Waals surface area contributed by atoms with Crippen molar-refractivity contribution >= 4 is 17.1 Å². The second-order valence-electron chi connectivity index (χ2n) is 8.35. The third-order valence-corrected chi connectivity index (χ3v) is 7.92. The van der Waals surface area contributed by atoms with Gasteiger partial charge in [-0.25, -0.2) is 8.42 Å². The van der Waals surface area contributed by atoms with Gasteiger partial charge in [0.2, 0.25) is 10.0 Å². The highest BCUT2D eigenvalue weighted by atomic mass is 32.2. The number of fused-ring (bicyclic) bond motifs is 1. The molecule has 3 heterocycles. The minimum absolute atomic E-state index is 0.329. The van der Waals surface area contributed by atoms with Crippen LogP contribution in [-0.4, -0.2) is 50.7 Å². The van der Waals surface area contributed by atoms with Gasteiger partial charge in [-0.05, 0) is 63.4 Å². The first-order chi connectivity index (χ1) is 12.6. The van der Waals surface area contributed by atoms with Gasteiger partial charge in [-0.1, -0.05) is 6.08 Å².